The molecule has 4 heterocycles. The zero-order valence-electron chi connectivity index (χ0n) is 14.1. The van der Waals surface area contributed by atoms with Crippen LogP contribution in [0, 0.1) is 5.92 Å². The van der Waals surface area contributed by atoms with Crippen molar-refractivity contribution in [3.8, 4) is 11.4 Å². The summed E-state index contributed by atoms with van der Waals surface area (Å²) in [6.07, 6.45) is 8.93. The van der Waals surface area contributed by atoms with E-state index in [-0.39, 0.29) is 0 Å². The molecule has 24 heavy (non-hydrogen) atoms. The molecule has 2 aliphatic rings. The molecule has 0 amide bonds. The van der Waals surface area contributed by atoms with Crippen molar-refractivity contribution in [1.29, 1.82) is 0 Å². The molecular formula is C18H25N5O. The van der Waals surface area contributed by atoms with Crippen LogP contribution in [0.15, 0.2) is 22.9 Å². The lowest BCUT2D eigenvalue weighted by Crippen LogP contribution is -2.29. The molecule has 0 aromatic carbocycles. The molecule has 2 aromatic rings. The van der Waals surface area contributed by atoms with Crippen LogP contribution in [0.1, 0.15) is 38.0 Å². The second-order valence-electron chi connectivity index (χ2n) is 6.86. The molecule has 1 atom stereocenters. The van der Waals surface area contributed by atoms with Gasteiger partial charge in [-0.1, -0.05) is 5.16 Å². The highest BCUT2D eigenvalue weighted by atomic mass is 16.5. The maximum absolute atomic E-state index is 5.41. The Kier molecular flexibility index (Phi) is 4.74. The first-order chi connectivity index (χ1) is 11.9. The van der Waals surface area contributed by atoms with E-state index in [9.17, 15) is 0 Å². The molecule has 4 rings (SSSR count). The molecule has 0 spiro atoms. The monoisotopic (exact) mass is 327 g/mol. The van der Waals surface area contributed by atoms with Crippen LogP contribution in [-0.2, 0) is 6.42 Å². The van der Waals surface area contributed by atoms with E-state index < -0.39 is 0 Å². The molecule has 6 nitrogen and oxygen atoms in total. The maximum atomic E-state index is 5.41. The van der Waals surface area contributed by atoms with Gasteiger partial charge in [-0.3, -0.25) is 0 Å². The highest BCUT2D eigenvalue weighted by Gasteiger charge is 2.17. The lowest BCUT2D eigenvalue weighted by Gasteiger charge is -2.27. The van der Waals surface area contributed by atoms with E-state index in [1.165, 1.54) is 25.7 Å². The number of anilines is 1. The van der Waals surface area contributed by atoms with Crippen LogP contribution >= 0.6 is 0 Å². The highest BCUT2D eigenvalue weighted by molar-refractivity contribution is 5.55. The molecule has 0 saturated carbocycles. The van der Waals surface area contributed by atoms with E-state index in [1.807, 2.05) is 12.3 Å². The summed E-state index contributed by atoms with van der Waals surface area (Å²) in [5, 5.41) is 7.51. The highest BCUT2D eigenvalue weighted by Crippen LogP contribution is 2.22. The summed E-state index contributed by atoms with van der Waals surface area (Å²) in [6.45, 7) is 4.46. The standard InChI is InChI=1S/C18H25N5O/c1-2-10-23(11-3-1)16-6-5-15(13-20-16)18-21-17(24-22-18)7-4-14-8-9-19-12-14/h5-6,13-14,19H,1-4,7-12H2. The molecular weight excluding hydrogens is 302 g/mol. The molecule has 2 aliphatic heterocycles. The number of nitrogens with zero attached hydrogens (tertiary/aromatic N) is 4. The third-order valence-electron chi connectivity index (χ3n) is 5.08. The van der Waals surface area contributed by atoms with Crippen molar-refractivity contribution in [2.24, 2.45) is 5.92 Å². The second-order valence-corrected chi connectivity index (χ2v) is 6.86. The number of nitrogens with one attached hydrogen (secondary N) is 1. The number of piperidine rings is 1. The van der Waals surface area contributed by atoms with Crippen molar-refractivity contribution in [2.45, 2.75) is 38.5 Å². The molecule has 2 saturated heterocycles. The number of pyridine rings is 1. The van der Waals surface area contributed by atoms with Crippen molar-refractivity contribution in [3.63, 3.8) is 0 Å². The Morgan fingerprint density at radius 3 is 2.88 bits per heavy atom. The fourth-order valence-corrected chi connectivity index (χ4v) is 3.59. The van der Waals surface area contributed by atoms with Crippen LogP contribution in [0.4, 0.5) is 5.82 Å². The first-order valence-corrected chi connectivity index (χ1v) is 9.13. The van der Waals surface area contributed by atoms with Crippen LogP contribution < -0.4 is 10.2 Å². The van der Waals surface area contributed by atoms with E-state index in [0.717, 1.165) is 62.2 Å². The Morgan fingerprint density at radius 1 is 1.21 bits per heavy atom. The minimum Gasteiger partial charge on any atom is -0.357 e. The van der Waals surface area contributed by atoms with Gasteiger partial charge in [0.1, 0.15) is 5.82 Å². The van der Waals surface area contributed by atoms with Crippen molar-refractivity contribution in [3.05, 3.63) is 24.2 Å². The van der Waals surface area contributed by atoms with Crippen molar-refractivity contribution >= 4 is 5.82 Å². The topological polar surface area (TPSA) is 67.1 Å². The Labute approximate surface area is 142 Å². The summed E-state index contributed by atoms with van der Waals surface area (Å²) in [5.74, 6) is 3.17. The van der Waals surface area contributed by atoms with E-state index in [4.69, 9.17) is 4.52 Å². The first kappa shape index (κ1) is 15.6. The van der Waals surface area contributed by atoms with Gasteiger partial charge >= 0.3 is 0 Å². The van der Waals surface area contributed by atoms with Crippen LogP contribution in [0.25, 0.3) is 11.4 Å². The molecule has 128 valence electrons. The Bertz CT molecular complexity index is 642. The number of hydrogen-bond donors (Lipinski definition) is 1. The molecule has 0 radical (unpaired) electrons. The molecule has 0 aliphatic carbocycles. The molecule has 2 aromatic heterocycles. The van der Waals surface area contributed by atoms with E-state index >= 15 is 0 Å². The Balaban J connectivity index is 1.38. The Morgan fingerprint density at radius 2 is 2.12 bits per heavy atom. The summed E-state index contributed by atoms with van der Waals surface area (Å²) >= 11 is 0. The quantitative estimate of drug-likeness (QED) is 0.911. The minimum atomic E-state index is 0.646. The zero-order valence-corrected chi connectivity index (χ0v) is 14.1. The average molecular weight is 327 g/mol. The van der Waals surface area contributed by atoms with Gasteiger partial charge in [0.15, 0.2) is 0 Å². The third-order valence-corrected chi connectivity index (χ3v) is 5.08. The maximum Gasteiger partial charge on any atom is 0.226 e. The lowest BCUT2D eigenvalue weighted by atomic mass is 10.0. The molecule has 6 heteroatoms. The van der Waals surface area contributed by atoms with Gasteiger partial charge in [-0.15, -0.1) is 0 Å². The largest absolute Gasteiger partial charge is 0.357 e. The SMILES string of the molecule is c1cc(N2CCCCC2)ncc1-c1noc(CCC2CCNC2)n1. The fourth-order valence-electron chi connectivity index (χ4n) is 3.59. The summed E-state index contributed by atoms with van der Waals surface area (Å²) in [4.78, 5) is 11.5. The number of hydrogen-bond acceptors (Lipinski definition) is 6. The van der Waals surface area contributed by atoms with Crippen molar-refractivity contribution in [1.82, 2.24) is 20.4 Å². The second kappa shape index (κ2) is 7.30. The van der Waals surface area contributed by atoms with E-state index in [0.29, 0.717) is 5.82 Å². The van der Waals surface area contributed by atoms with Crippen LogP contribution in [-0.4, -0.2) is 41.3 Å². The van der Waals surface area contributed by atoms with Gasteiger partial charge in [-0.25, -0.2) is 4.98 Å². The van der Waals surface area contributed by atoms with Gasteiger partial charge in [0, 0.05) is 31.3 Å². The van der Waals surface area contributed by atoms with Gasteiger partial charge < -0.3 is 14.7 Å². The minimum absolute atomic E-state index is 0.646. The molecule has 1 N–H and O–H groups in total. The van der Waals surface area contributed by atoms with Gasteiger partial charge in [0.05, 0.1) is 0 Å². The predicted octanol–water partition coefficient (Wildman–Crippen LogP) is 2.66. The first-order valence-electron chi connectivity index (χ1n) is 9.13. The van der Waals surface area contributed by atoms with E-state index in [2.05, 4.69) is 31.4 Å². The smallest absolute Gasteiger partial charge is 0.226 e. The van der Waals surface area contributed by atoms with Gasteiger partial charge in [0.2, 0.25) is 11.7 Å². The van der Waals surface area contributed by atoms with Gasteiger partial charge in [-0.05, 0) is 63.2 Å². The van der Waals surface area contributed by atoms with Crippen LogP contribution in [0.3, 0.4) is 0 Å². The average Bonchev–Trinajstić information content (AvgIpc) is 3.33. The summed E-state index contributed by atoms with van der Waals surface area (Å²) in [5.41, 5.74) is 0.924. The van der Waals surface area contributed by atoms with Gasteiger partial charge in [-0.2, -0.15) is 4.98 Å². The van der Waals surface area contributed by atoms with Gasteiger partial charge in [0.25, 0.3) is 0 Å². The lowest BCUT2D eigenvalue weighted by molar-refractivity contribution is 0.365. The summed E-state index contributed by atoms with van der Waals surface area (Å²) in [6, 6.07) is 4.12. The van der Waals surface area contributed by atoms with E-state index in [1.54, 1.807) is 0 Å². The van der Waals surface area contributed by atoms with Crippen molar-refractivity contribution in [2.75, 3.05) is 31.1 Å². The molecule has 0 bridgehead atoms. The van der Waals surface area contributed by atoms with Crippen LogP contribution in [0.2, 0.25) is 0 Å². The third kappa shape index (κ3) is 3.59. The summed E-state index contributed by atoms with van der Waals surface area (Å²) in [7, 11) is 0. The predicted molar refractivity (Wildman–Crippen MR) is 92.9 cm³/mol. The zero-order chi connectivity index (χ0) is 16.2. The molecule has 1 unspecified atom stereocenters. The summed E-state index contributed by atoms with van der Waals surface area (Å²) < 4.78 is 5.41. The Hall–Kier alpha value is -1.95. The van der Waals surface area contributed by atoms with Crippen LogP contribution in [0.5, 0.6) is 0 Å². The number of rotatable bonds is 5. The normalized spacial score (nSPS) is 21.3. The van der Waals surface area contributed by atoms with Crippen molar-refractivity contribution < 1.29 is 4.52 Å². The number of aromatic nitrogens is 3. The number of aryl methyl sites for hydroxylation is 1. The fraction of sp³-hybridized carbons (Fsp3) is 0.611. The molecule has 2 fully saturated rings.